The first-order chi connectivity index (χ1) is 8.84. The van der Waals surface area contributed by atoms with Crippen molar-refractivity contribution in [2.75, 3.05) is 51.2 Å². The first-order valence-corrected chi connectivity index (χ1v) is 6.51. The monoisotopic (exact) mass is 373 g/mol. The highest BCUT2D eigenvalue weighted by Gasteiger charge is 2.24. The molecule has 1 aromatic rings. The van der Waals surface area contributed by atoms with Gasteiger partial charge in [-0.3, -0.25) is 4.99 Å². The van der Waals surface area contributed by atoms with Crippen molar-refractivity contribution in [3.8, 4) is 0 Å². The Balaban J connectivity index is 0.00000133. The minimum absolute atomic E-state index is 0. The topological polar surface area (TPSA) is 35.0 Å². The lowest BCUT2D eigenvalue weighted by Crippen LogP contribution is -2.51. The Kier molecular flexibility index (Phi) is 4.84. The van der Waals surface area contributed by atoms with Crippen molar-refractivity contribution >= 4 is 35.8 Å². The summed E-state index contributed by atoms with van der Waals surface area (Å²) in [6.07, 6.45) is 1.86. The summed E-state index contributed by atoms with van der Waals surface area (Å²) in [5.41, 5.74) is 0. The van der Waals surface area contributed by atoms with E-state index in [1.165, 1.54) is 0 Å². The van der Waals surface area contributed by atoms with Crippen LogP contribution in [0.4, 0.5) is 5.82 Å². The number of anilines is 1. The van der Waals surface area contributed by atoms with E-state index >= 15 is 0 Å². The van der Waals surface area contributed by atoms with E-state index in [4.69, 9.17) is 0 Å². The molecule has 2 aliphatic rings. The molecule has 3 heterocycles. The fourth-order valence-corrected chi connectivity index (χ4v) is 2.54. The van der Waals surface area contributed by atoms with Gasteiger partial charge in [-0.05, 0) is 12.1 Å². The van der Waals surface area contributed by atoms with E-state index < -0.39 is 0 Å². The molecule has 0 aliphatic carbocycles. The molecule has 0 saturated carbocycles. The maximum absolute atomic E-state index is 4.57. The van der Waals surface area contributed by atoms with Gasteiger partial charge in [0.05, 0.1) is 6.54 Å². The minimum atomic E-state index is 0. The maximum atomic E-state index is 4.57. The number of aromatic nitrogens is 1. The summed E-state index contributed by atoms with van der Waals surface area (Å²) in [6.45, 7) is 6.08. The molecule has 3 rings (SSSR count). The van der Waals surface area contributed by atoms with Crippen LogP contribution in [-0.2, 0) is 0 Å². The number of pyridine rings is 1. The van der Waals surface area contributed by atoms with Crippen LogP contribution in [0.2, 0.25) is 0 Å². The first kappa shape index (κ1) is 14.4. The van der Waals surface area contributed by atoms with Gasteiger partial charge in [-0.2, -0.15) is 0 Å². The van der Waals surface area contributed by atoms with Crippen LogP contribution in [0.3, 0.4) is 0 Å². The summed E-state index contributed by atoms with van der Waals surface area (Å²) in [4.78, 5) is 15.9. The third-order valence-corrected chi connectivity index (χ3v) is 3.57. The fourth-order valence-electron chi connectivity index (χ4n) is 2.54. The second kappa shape index (κ2) is 6.40. The molecule has 0 bridgehead atoms. The van der Waals surface area contributed by atoms with Gasteiger partial charge in [0.2, 0.25) is 0 Å². The highest BCUT2D eigenvalue weighted by atomic mass is 127. The van der Waals surface area contributed by atoms with Crippen molar-refractivity contribution < 1.29 is 0 Å². The van der Waals surface area contributed by atoms with Crippen LogP contribution in [0.5, 0.6) is 0 Å². The summed E-state index contributed by atoms with van der Waals surface area (Å²) < 4.78 is 0. The number of hydrogen-bond donors (Lipinski definition) is 0. The first-order valence-electron chi connectivity index (χ1n) is 6.51. The predicted octanol–water partition coefficient (Wildman–Crippen LogP) is 1.12. The Bertz CT molecular complexity index is 428. The van der Waals surface area contributed by atoms with E-state index in [1.807, 2.05) is 18.3 Å². The molecule has 6 heteroatoms. The standard InChI is InChI=1S/C13H19N5.HI/c1-16-7-6-15-13(16)18-10-8-17(9-11-18)12-4-2-3-5-14-12;/h2-5H,6-11H2,1H3;1H. The maximum Gasteiger partial charge on any atom is 0.196 e. The molecule has 19 heavy (non-hydrogen) atoms. The average Bonchev–Trinajstić information content (AvgIpc) is 2.86. The Morgan fingerprint density at radius 2 is 1.74 bits per heavy atom. The lowest BCUT2D eigenvalue weighted by atomic mass is 10.3. The van der Waals surface area contributed by atoms with Gasteiger partial charge < -0.3 is 14.7 Å². The number of halogens is 1. The number of likely N-dealkylation sites (N-methyl/N-ethyl adjacent to an activating group) is 1. The molecule has 1 saturated heterocycles. The normalized spacial score (nSPS) is 19.2. The average molecular weight is 373 g/mol. The molecule has 2 aliphatic heterocycles. The molecule has 1 fully saturated rings. The summed E-state index contributed by atoms with van der Waals surface area (Å²) in [5.74, 6) is 2.24. The smallest absolute Gasteiger partial charge is 0.196 e. The third-order valence-electron chi connectivity index (χ3n) is 3.57. The van der Waals surface area contributed by atoms with Crippen molar-refractivity contribution in [2.45, 2.75) is 0 Å². The lowest BCUT2D eigenvalue weighted by molar-refractivity contribution is 0.341. The summed E-state index contributed by atoms with van der Waals surface area (Å²) in [7, 11) is 2.12. The van der Waals surface area contributed by atoms with Crippen molar-refractivity contribution in [1.82, 2.24) is 14.8 Å². The minimum Gasteiger partial charge on any atom is -0.353 e. The molecule has 0 radical (unpaired) electrons. The van der Waals surface area contributed by atoms with E-state index in [2.05, 4.69) is 37.8 Å². The van der Waals surface area contributed by atoms with Gasteiger partial charge in [0.25, 0.3) is 0 Å². The largest absolute Gasteiger partial charge is 0.353 e. The van der Waals surface area contributed by atoms with Gasteiger partial charge >= 0.3 is 0 Å². The zero-order valence-corrected chi connectivity index (χ0v) is 13.5. The number of nitrogens with zero attached hydrogens (tertiary/aromatic N) is 5. The summed E-state index contributed by atoms with van der Waals surface area (Å²) in [5, 5.41) is 0. The molecule has 104 valence electrons. The molecular weight excluding hydrogens is 353 g/mol. The van der Waals surface area contributed by atoms with Crippen LogP contribution >= 0.6 is 24.0 Å². The van der Waals surface area contributed by atoms with Crippen LogP contribution in [0, 0.1) is 0 Å². The quantitative estimate of drug-likeness (QED) is 0.692. The molecule has 0 unspecified atom stereocenters. The highest BCUT2D eigenvalue weighted by molar-refractivity contribution is 14.0. The SMILES string of the molecule is CN1CCN=C1N1CCN(c2ccccn2)CC1.I. The molecule has 1 aromatic heterocycles. The predicted molar refractivity (Wildman–Crippen MR) is 88.4 cm³/mol. The van der Waals surface area contributed by atoms with E-state index in [9.17, 15) is 0 Å². The van der Waals surface area contributed by atoms with E-state index in [1.54, 1.807) is 0 Å². The fraction of sp³-hybridized carbons (Fsp3) is 0.538. The zero-order chi connectivity index (χ0) is 12.4. The molecular formula is C13H20IN5. The van der Waals surface area contributed by atoms with Crippen LogP contribution in [0.1, 0.15) is 0 Å². The molecule has 0 atom stereocenters. The van der Waals surface area contributed by atoms with E-state index in [0.717, 1.165) is 51.0 Å². The van der Waals surface area contributed by atoms with E-state index in [-0.39, 0.29) is 24.0 Å². The summed E-state index contributed by atoms with van der Waals surface area (Å²) >= 11 is 0. The number of aliphatic imine (C=N–C) groups is 1. The molecule has 5 nitrogen and oxygen atoms in total. The molecule has 0 aromatic carbocycles. The Morgan fingerprint density at radius 1 is 1.00 bits per heavy atom. The van der Waals surface area contributed by atoms with Crippen LogP contribution in [0.25, 0.3) is 0 Å². The number of piperazine rings is 1. The third kappa shape index (κ3) is 3.10. The number of guanidine groups is 1. The molecule has 0 spiro atoms. The number of hydrogen-bond acceptors (Lipinski definition) is 5. The lowest BCUT2D eigenvalue weighted by Gasteiger charge is -2.37. The van der Waals surface area contributed by atoms with Gasteiger partial charge in [-0.25, -0.2) is 4.98 Å². The van der Waals surface area contributed by atoms with Gasteiger partial charge in [0.15, 0.2) is 5.96 Å². The van der Waals surface area contributed by atoms with Crippen LogP contribution in [0.15, 0.2) is 29.4 Å². The Labute approximate surface area is 131 Å². The zero-order valence-electron chi connectivity index (χ0n) is 11.2. The van der Waals surface area contributed by atoms with Crippen molar-refractivity contribution in [3.05, 3.63) is 24.4 Å². The second-order valence-electron chi connectivity index (χ2n) is 4.77. The van der Waals surface area contributed by atoms with Gasteiger partial charge in [-0.1, -0.05) is 6.07 Å². The van der Waals surface area contributed by atoms with Crippen molar-refractivity contribution in [1.29, 1.82) is 0 Å². The summed E-state index contributed by atoms with van der Waals surface area (Å²) in [6, 6.07) is 6.08. The van der Waals surface area contributed by atoms with Crippen LogP contribution in [-0.4, -0.2) is 67.1 Å². The van der Waals surface area contributed by atoms with Gasteiger partial charge in [0, 0.05) is 46.0 Å². The van der Waals surface area contributed by atoms with Gasteiger partial charge in [-0.15, -0.1) is 24.0 Å². The Morgan fingerprint density at radius 3 is 2.32 bits per heavy atom. The van der Waals surface area contributed by atoms with Crippen molar-refractivity contribution in [2.24, 2.45) is 4.99 Å². The number of rotatable bonds is 1. The van der Waals surface area contributed by atoms with E-state index in [0.29, 0.717) is 0 Å². The second-order valence-corrected chi connectivity index (χ2v) is 4.77. The molecule has 0 amide bonds. The van der Waals surface area contributed by atoms with Crippen molar-refractivity contribution in [3.63, 3.8) is 0 Å². The van der Waals surface area contributed by atoms with Gasteiger partial charge in [0.1, 0.15) is 5.82 Å². The highest BCUT2D eigenvalue weighted by Crippen LogP contribution is 2.14. The molecule has 0 N–H and O–H groups in total. The Hall–Kier alpha value is -1.05. The van der Waals surface area contributed by atoms with Crippen LogP contribution < -0.4 is 4.90 Å².